The second kappa shape index (κ2) is 4.61. The molecule has 1 unspecified atom stereocenters. The summed E-state index contributed by atoms with van der Waals surface area (Å²) >= 11 is 0. The molecule has 96 valence electrons. The number of aliphatic hydroxyl groups is 2. The van der Waals surface area contributed by atoms with Gasteiger partial charge in [0.2, 0.25) is 0 Å². The fraction of sp³-hybridized carbons (Fsp3) is 0.700. The van der Waals surface area contributed by atoms with Crippen molar-refractivity contribution in [2.45, 2.75) is 37.9 Å². The van der Waals surface area contributed by atoms with Crippen molar-refractivity contribution >= 4 is 6.03 Å². The second-order valence-corrected chi connectivity index (χ2v) is 4.32. The molecule has 0 aromatic rings. The van der Waals surface area contributed by atoms with Gasteiger partial charge in [0.05, 0.1) is 12.7 Å². The summed E-state index contributed by atoms with van der Waals surface area (Å²) in [6, 6.07) is -0.362. The van der Waals surface area contributed by atoms with Crippen LogP contribution in [0.2, 0.25) is 0 Å². The third-order valence-electron chi connectivity index (χ3n) is 3.04. The number of carbonyl (C=O) groups is 1. The predicted octanol–water partition coefficient (Wildman–Crippen LogP) is -1.33. The number of nitrogens with one attached hydrogen (secondary N) is 1. The third-order valence-corrected chi connectivity index (χ3v) is 3.04. The van der Waals surface area contributed by atoms with Gasteiger partial charge in [0.25, 0.3) is 0 Å². The van der Waals surface area contributed by atoms with Gasteiger partial charge in [0.15, 0.2) is 0 Å². The molecule has 5 N–H and O–H groups in total. The predicted molar refractivity (Wildman–Crippen MR) is 58.5 cm³/mol. The van der Waals surface area contributed by atoms with Crippen molar-refractivity contribution < 1.29 is 19.7 Å². The van der Waals surface area contributed by atoms with E-state index in [2.05, 4.69) is 5.32 Å². The Hall–Kier alpha value is -1.15. The van der Waals surface area contributed by atoms with Crippen molar-refractivity contribution in [2.24, 2.45) is 5.73 Å². The minimum Gasteiger partial charge on any atom is -0.394 e. The first-order valence-electron chi connectivity index (χ1n) is 5.50. The average Bonchev–Trinajstić information content (AvgIpc) is 2.65. The van der Waals surface area contributed by atoms with E-state index in [1.54, 1.807) is 13.1 Å². The first kappa shape index (κ1) is 12.3. The Balaban J connectivity index is 2.11. The summed E-state index contributed by atoms with van der Waals surface area (Å²) in [5, 5.41) is 21.2. The molecule has 2 heterocycles. The summed E-state index contributed by atoms with van der Waals surface area (Å²) in [5.74, 6) is 0. The molecule has 1 fully saturated rings. The fourth-order valence-electron chi connectivity index (χ4n) is 1.94. The Morgan fingerprint density at radius 1 is 1.71 bits per heavy atom. The standard InChI is InChI=1S/C10H17N3O4/c1-5-3-13(10(16)12-9(5)11)8-2-6(15)7(4-14)17-8/h3,6-9,14-15H,2,4,11H2,1H3,(H,12,16)/t6-,7-,8-,9?/m0/s1. The van der Waals surface area contributed by atoms with Gasteiger partial charge in [-0.15, -0.1) is 0 Å². The van der Waals surface area contributed by atoms with E-state index in [9.17, 15) is 9.90 Å². The van der Waals surface area contributed by atoms with Crippen molar-refractivity contribution in [3.05, 3.63) is 11.8 Å². The topological polar surface area (TPSA) is 108 Å². The van der Waals surface area contributed by atoms with E-state index in [1.165, 1.54) is 4.90 Å². The Kier molecular flexibility index (Phi) is 3.34. The second-order valence-electron chi connectivity index (χ2n) is 4.32. The summed E-state index contributed by atoms with van der Waals surface area (Å²) < 4.78 is 5.40. The van der Waals surface area contributed by atoms with Gasteiger partial charge in [-0.1, -0.05) is 0 Å². The molecule has 2 aliphatic heterocycles. The quantitative estimate of drug-likeness (QED) is 0.480. The summed E-state index contributed by atoms with van der Waals surface area (Å²) in [4.78, 5) is 13.1. The van der Waals surface area contributed by atoms with Crippen LogP contribution < -0.4 is 11.1 Å². The highest BCUT2D eigenvalue weighted by atomic mass is 16.5. The Bertz CT molecular complexity index is 346. The Labute approximate surface area is 98.8 Å². The monoisotopic (exact) mass is 243 g/mol. The van der Waals surface area contributed by atoms with E-state index in [4.69, 9.17) is 15.6 Å². The molecule has 0 bridgehead atoms. The minimum absolute atomic E-state index is 0.269. The largest absolute Gasteiger partial charge is 0.394 e. The van der Waals surface area contributed by atoms with Gasteiger partial charge >= 0.3 is 6.03 Å². The minimum atomic E-state index is -0.762. The number of ether oxygens (including phenoxy) is 1. The number of aliphatic hydroxyl groups excluding tert-OH is 2. The molecule has 0 aromatic carbocycles. The van der Waals surface area contributed by atoms with Gasteiger partial charge in [0, 0.05) is 12.6 Å². The molecule has 7 heteroatoms. The van der Waals surface area contributed by atoms with Crippen molar-refractivity contribution in [1.82, 2.24) is 10.2 Å². The molecule has 0 spiro atoms. The van der Waals surface area contributed by atoms with E-state index in [0.29, 0.717) is 0 Å². The van der Waals surface area contributed by atoms with Crippen LogP contribution in [0.1, 0.15) is 13.3 Å². The molecule has 2 rings (SSSR count). The van der Waals surface area contributed by atoms with Crippen LogP contribution in [0.25, 0.3) is 0 Å². The Morgan fingerprint density at radius 3 is 3.00 bits per heavy atom. The van der Waals surface area contributed by atoms with E-state index in [0.717, 1.165) is 5.57 Å². The highest BCUT2D eigenvalue weighted by Crippen LogP contribution is 2.25. The van der Waals surface area contributed by atoms with Crippen LogP contribution >= 0.6 is 0 Å². The zero-order valence-corrected chi connectivity index (χ0v) is 9.54. The SMILES string of the molecule is CC1=CN([C@@H]2C[C@H](O)[C@H](CO)O2)C(=O)NC1N. The van der Waals surface area contributed by atoms with Crippen LogP contribution in [0, 0.1) is 0 Å². The molecule has 0 aromatic heterocycles. The molecule has 0 aliphatic carbocycles. The molecular weight excluding hydrogens is 226 g/mol. The van der Waals surface area contributed by atoms with Crippen LogP contribution in [0.15, 0.2) is 11.8 Å². The van der Waals surface area contributed by atoms with Crippen LogP contribution in [-0.2, 0) is 4.74 Å². The summed E-state index contributed by atoms with van der Waals surface area (Å²) in [7, 11) is 0. The molecule has 7 nitrogen and oxygen atoms in total. The molecule has 1 saturated heterocycles. The van der Waals surface area contributed by atoms with E-state index in [-0.39, 0.29) is 19.1 Å². The zero-order valence-electron chi connectivity index (χ0n) is 9.54. The number of rotatable bonds is 2. The Morgan fingerprint density at radius 2 is 2.41 bits per heavy atom. The van der Waals surface area contributed by atoms with E-state index in [1.807, 2.05) is 0 Å². The van der Waals surface area contributed by atoms with Crippen molar-refractivity contribution in [3.8, 4) is 0 Å². The highest BCUT2D eigenvalue weighted by Gasteiger charge is 2.39. The van der Waals surface area contributed by atoms with Gasteiger partial charge in [-0.3, -0.25) is 4.90 Å². The molecule has 2 amide bonds. The number of nitrogens with zero attached hydrogens (tertiary/aromatic N) is 1. The van der Waals surface area contributed by atoms with Gasteiger partial charge < -0.3 is 26.0 Å². The molecule has 0 radical (unpaired) electrons. The maximum atomic E-state index is 11.7. The van der Waals surface area contributed by atoms with Crippen molar-refractivity contribution in [1.29, 1.82) is 0 Å². The van der Waals surface area contributed by atoms with Crippen LogP contribution in [0.4, 0.5) is 4.79 Å². The van der Waals surface area contributed by atoms with Gasteiger partial charge in [-0.2, -0.15) is 0 Å². The van der Waals surface area contributed by atoms with Gasteiger partial charge in [-0.05, 0) is 12.5 Å². The lowest BCUT2D eigenvalue weighted by Gasteiger charge is -2.32. The summed E-state index contributed by atoms with van der Waals surface area (Å²) in [5.41, 5.74) is 6.45. The van der Waals surface area contributed by atoms with Gasteiger partial charge in [-0.25, -0.2) is 4.79 Å². The zero-order chi connectivity index (χ0) is 12.6. The molecule has 2 aliphatic rings. The lowest BCUT2D eigenvalue weighted by atomic mass is 10.1. The number of nitrogens with two attached hydrogens (primary N) is 1. The number of urea groups is 1. The van der Waals surface area contributed by atoms with Crippen molar-refractivity contribution in [3.63, 3.8) is 0 Å². The fourth-order valence-corrected chi connectivity index (χ4v) is 1.94. The maximum Gasteiger partial charge on any atom is 0.325 e. The molecular formula is C10H17N3O4. The molecule has 17 heavy (non-hydrogen) atoms. The number of hydrogen-bond donors (Lipinski definition) is 4. The summed E-state index contributed by atoms with van der Waals surface area (Å²) in [6.07, 6.45) is -0.569. The average molecular weight is 243 g/mol. The first-order chi connectivity index (χ1) is 8.02. The van der Waals surface area contributed by atoms with Crippen LogP contribution in [0.5, 0.6) is 0 Å². The van der Waals surface area contributed by atoms with E-state index >= 15 is 0 Å². The molecule has 4 atom stereocenters. The third kappa shape index (κ3) is 2.27. The van der Waals surface area contributed by atoms with Crippen molar-refractivity contribution in [2.75, 3.05) is 6.61 Å². The van der Waals surface area contributed by atoms with Crippen LogP contribution in [0.3, 0.4) is 0 Å². The number of hydrogen-bond acceptors (Lipinski definition) is 5. The summed E-state index contributed by atoms with van der Waals surface area (Å²) in [6.45, 7) is 1.53. The smallest absolute Gasteiger partial charge is 0.325 e. The lowest BCUT2D eigenvalue weighted by Crippen LogP contribution is -2.54. The first-order valence-corrected chi connectivity index (χ1v) is 5.50. The highest BCUT2D eigenvalue weighted by molar-refractivity contribution is 5.77. The normalized spacial score (nSPS) is 38.0. The number of amides is 2. The number of carbonyl (C=O) groups excluding carboxylic acids is 1. The lowest BCUT2D eigenvalue weighted by molar-refractivity contribution is -0.0544. The molecule has 0 saturated carbocycles. The van der Waals surface area contributed by atoms with E-state index < -0.39 is 24.6 Å². The van der Waals surface area contributed by atoms with Gasteiger partial charge in [0.1, 0.15) is 18.5 Å². The maximum absolute atomic E-state index is 11.7. The van der Waals surface area contributed by atoms with Crippen LogP contribution in [-0.4, -0.2) is 52.4 Å².